The molecule has 0 fully saturated rings. The molecule has 1 rings (SSSR count). The Morgan fingerprint density at radius 3 is 2.54 bits per heavy atom. The molecule has 1 radical (unpaired) electrons. The summed E-state index contributed by atoms with van der Waals surface area (Å²) in [6, 6.07) is 9.41. The molecule has 0 spiro atoms. The van der Waals surface area contributed by atoms with Crippen molar-refractivity contribution < 1.29 is 14.3 Å². The molecule has 0 heterocycles. The quantitative estimate of drug-likeness (QED) is 0.667. The van der Waals surface area contributed by atoms with Crippen LogP contribution in [0.3, 0.4) is 0 Å². The van der Waals surface area contributed by atoms with E-state index < -0.39 is 6.16 Å². The zero-order chi connectivity index (χ0) is 9.52. The maximum Gasteiger partial charge on any atom is 0.508 e. The third-order valence-corrected chi connectivity index (χ3v) is 1.42. The first-order valence-electron chi connectivity index (χ1n) is 3.95. The average Bonchev–Trinajstić information content (AvgIpc) is 2.17. The predicted molar refractivity (Wildman–Crippen MR) is 47.9 cm³/mol. The highest BCUT2D eigenvalue weighted by atomic mass is 16.7. The van der Waals surface area contributed by atoms with E-state index >= 15 is 0 Å². The van der Waals surface area contributed by atoms with Gasteiger partial charge in [-0.2, -0.15) is 0 Å². The zero-order valence-electron chi connectivity index (χ0n) is 7.23. The van der Waals surface area contributed by atoms with E-state index in [1.165, 1.54) is 0 Å². The van der Waals surface area contributed by atoms with Crippen molar-refractivity contribution in [3.63, 3.8) is 0 Å². The highest BCUT2D eigenvalue weighted by molar-refractivity contribution is 5.59. The standard InChI is InChI=1S/C10H11O3/c1-2-12-10(11)13-8-9-6-4-3-5-7-9/h3-7H,1-2,8H2. The minimum Gasteiger partial charge on any atom is -0.434 e. The van der Waals surface area contributed by atoms with Gasteiger partial charge < -0.3 is 9.47 Å². The normalized spacial score (nSPS) is 9.31. The van der Waals surface area contributed by atoms with Gasteiger partial charge in [0.25, 0.3) is 0 Å². The van der Waals surface area contributed by atoms with Gasteiger partial charge in [0.1, 0.15) is 6.61 Å². The summed E-state index contributed by atoms with van der Waals surface area (Å²) in [6.07, 6.45) is -0.682. The van der Waals surface area contributed by atoms with Crippen molar-refractivity contribution in [3.8, 4) is 0 Å². The summed E-state index contributed by atoms with van der Waals surface area (Å²) in [7, 11) is 0. The van der Waals surface area contributed by atoms with Gasteiger partial charge in [0.2, 0.25) is 0 Å². The van der Waals surface area contributed by atoms with Crippen molar-refractivity contribution in [2.45, 2.75) is 6.61 Å². The molecule has 0 aromatic heterocycles. The molecule has 3 nitrogen and oxygen atoms in total. The largest absolute Gasteiger partial charge is 0.508 e. The molecule has 1 aromatic carbocycles. The Bertz CT molecular complexity index is 256. The van der Waals surface area contributed by atoms with Crippen LogP contribution in [0.2, 0.25) is 0 Å². The topological polar surface area (TPSA) is 35.5 Å². The molecule has 0 aliphatic rings. The lowest BCUT2D eigenvalue weighted by atomic mass is 10.2. The fourth-order valence-electron chi connectivity index (χ4n) is 0.841. The molecule has 0 unspecified atom stereocenters. The Morgan fingerprint density at radius 1 is 1.23 bits per heavy atom. The fraction of sp³-hybridized carbons (Fsp3) is 0.200. The third-order valence-electron chi connectivity index (χ3n) is 1.42. The summed E-state index contributed by atoms with van der Waals surface area (Å²) >= 11 is 0. The molecular formula is C10H11O3. The second kappa shape index (κ2) is 5.19. The number of ether oxygens (including phenoxy) is 2. The van der Waals surface area contributed by atoms with E-state index in [9.17, 15) is 4.79 Å². The van der Waals surface area contributed by atoms with E-state index in [1.54, 1.807) is 0 Å². The highest BCUT2D eigenvalue weighted by Crippen LogP contribution is 2.01. The molecule has 13 heavy (non-hydrogen) atoms. The molecule has 0 saturated carbocycles. The van der Waals surface area contributed by atoms with E-state index in [-0.39, 0.29) is 13.2 Å². The van der Waals surface area contributed by atoms with E-state index in [2.05, 4.69) is 11.7 Å². The molecule has 1 aromatic rings. The summed E-state index contributed by atoms with van der Waals surface area (Å²) in [6.45, 7) is 3.68. The molecule has 0 aliphatic heterocycles. The number of rotatable bonds is 3. The van der Waals surface area contributed by atoms with Crippen LogP contribution in [0.15, 0.2) is 30.3 Å². The van der Waals surface area contributed by atoms with Crippen LogP contribution < -0.4 is 0 Å². The lowest BCUT2D eigenvalue weighted by Crippen LogP contribution is -2.06. The van der Waals surface area contributed by atoms with Crippen molar-refractivity contribution >= 4 is 6.16 Å². The Balaban J connectivity index is 2.31. The van der Waals surface area contributed by atoms with E-state index in [4.69, 9.17) is 4.74 Å². The average molecular weight is 179 g/mol. The Hall–Kier alpha value is -1.51. The van der Waals surface area contributed by atoms with Gasteiger partial charge in [-0.05, 0) is 12.5 Å². The number of carbonyl (C=O) groups excluding carboxylic acids is 1. The molecule has 0 atom stereocenters. The van der Waals surface area contributed by atoms with Gasteiger partial charge in [0.05, 0.1) is 6.61 Å². The minimum atomic E-state index is -0.682. The van der Waals surface area contributed by atoms with Crippen molar-refractivity contribution in [2.75, 3.05) is 6.61 Å². The molecule has 69 valence electrons. The molecular weight excluding hydrogens is 168 g/mol. The van der Waals surface area contributed by atoms with Crippen LogP contribution in [0.5, 0.6) is 0 Å². The predicted octanol–water partition coefficient (Wildman–Crippen LogP) is 2.17. The van der Waals surface area contributed by atoms with Gasteiger partial charge in [0.15, 0.2) is 0 Å². The SMILES string of the molecule is [CH2]COC(=O)OCc1ccccc1. The summed E-state index contributed by atoms with van der Waals surface area (Å²) in [5.74, 6) is 0. The van der Waals surface area contributed by atoms with E-state index in [0.717, 1.165) is 5.56 Å². The van der Waals surface area contributed by atoms with E-state index in [1.807, 2.05) is 30.3 Å². The second-order valence-corrected chi connectivity index (χ2v) is 2.37. The van der Waals surface area contributed by atoms with Gasteiger partial charge in [-0.15, -0.1) is 0 Å². The summed E-state index contributed by atoms with van der Waals surface area (Å²) in [4.78, 5) is 10.7. The Morgan fingerprint density at radius 2 is 1.92 bits per heavy atom. The van der Waals surface area contributed by atoms with Crippen LogP contribution in [0.1, 0.15) is 5.56 Å². The van der Waals surface area contributed by atoms with Crippen molar-refractivity contribution in [3.05, 3.63) is 42.8 Å². The lowest BCUT2D eigenvalue weighted by Gasteiger charge is -2.03. The molecule has 3 heteroatoms. The van der Waals surface area contributed by atoms with Crippen molar-refractivity contribution in [1.29, 1.82) is 0 Å². The molecule has 0 aliphatic carbocycles. The van der Waals surface area contributed by atoms with Gasteiger partial charge in [-0.3, -0.25) is 0 Å². The first kappa shape index (κ1) is 9.58. The first-order chi connectivity index (χ1) is 6.33. The zero-order valence-corrected chi connectivity index (χ0v) is 7.23. The maximum atomic E-state index is 10.7. The number of carbonyl (C=O) groups is 1. The van der Waals surface area contributed by atoms with Crippen molar-refractivity contribution in [1.82, 2.24) is 0 Å². The van der Waals surface area contributed by atoms with Crippen LogP contribution in [0.4, 0.5) is 4.79 Å². The molecule has 0 amide bonds. The smallest absolute Gasteiger partial charge is 0.434 e. The second-order valence-electron chi connectivity index (χ2n) is 2.37. The number of hydrogen-bond acceptors (Lipinski definition) is 3. The van der Waals surface area contributed by atoms with Gasteiger partial charge in [0, 0.05) is 0 Å². The van der Waals surface area contributed by atoms with Gasteiger partial charge in [-0.1, -0.05) is 30.3 Å². The van der Waals surface area contributed by atoms with Crippen molar-refractivity contribution in [2.24, 2.45) is 0 Å². The number of benzene rings is 1. The summed E-state index contributed by atoms with van der Waals surface area (Å²) in [5.41, 5.74) is 0.934. The highest BCUT2D eigenvalue weighted by Gasteiger charge is 2.01. The molecule has 0 saturated heterocycles. The van der Waals surface area contributed by atoms with Crippen LogP contribution in [0.25, 0.3) is 0 Å². The summed E-state index contributed by atoms with van der Waals surface area (Å²) < 4.78 is 9.26. The number of hydrogen-bond donors (Lipinski definition) is 0. The van der Waals surface area contributed by atoms with Gasteiger partial charge in [-0.25, -0.2) is 4.79 Å². The maximum absolute atomic E-state index is 10.7. The van der Waals surface area contributed by atoms with Crippen LogP contribution >= 0.6 is 0 Å². The van der Waals surface area contributed by atoms with Crippen LogP contribution in [-0.2, 0) is 16.1 Å². The van der Waals surface area contributed by atoms with E-state index in [0.29, 0.717) is 0 Å². The van der Waals surface area contributed by atoms with Crippen LogP contribution in [-0.4, -0.2) is 12.8 Å². The third kappa shape index (κ3) is 3.60. The van der Waals surface area contributed by atoms with Gasteiger partial charge >= 0.3 is 6.16 Å². The Kier molecular flexibility index (Phi) is 3.82. The monoisotopic (exact) mass is 179 g/mol. The lowest BCUT2D eigenvalue weighted by molar-refractivity contribution is 0.0573. The fourth-order valence-corrected chi connectivity index (χ4v) is 0.841. The Labute approximate surface area is 77.3 Å². The first-order valence-corrected chi connectivity index (χ1v) is 3.95. The summed E-state index contributed by atoms with van der Waals surface area (Å²) in [5, 5.41) is 0. The minimum absolute atomic E-state index is 0.0909. The van der Waals surface area contributed by atoms with Crippen LogP contribution in [0, 0.1) is 6.92 Å². The molecule has 0 bridgehead atoms. The molecule has 0 N–H and O–H groups in total.